The largest absolute Gasteiger partial charge is 0.464 e. The van der Waals surface area contributed by atoms with Gasteiger partial charge >= 0.3 is 12.1 Å². The van der Waals surface area contributed by atoms with Crippen LogP contribution in [-0.2, 0) is 14.3 Å². The smallest absolute Gasteiger partial charge is 0.408 e. The van der Waals surface area contributed by atoms with Gasteiger partial charge in [-0.1, -0.05) is 30.3 Å². The number of esters is 1. The first-order chi connectivity index (χ1) is 10.2. The Kier molecular flexibility index (Phi) is 6.37. The number of amides is 1. The molecular weight excluding hydrogens is 286 g/mol. The van der Waals surface area contributed by atoms with Crippen molar-refractivity contribution in [3.05, 3.63) is 35.9 Å². The first-order valence-corrected chi connectivity index (χ1v) is 7.13. The van der Waals surface area contributed by atoms with Crippen LogP contribution in [0.5, 0.6) is 0 Å². The monoisotopic (exact) mass is 309 g/mol. The maximum absolute atomic E-state index is 11.9. The van der Waals surface area contributed by atoms with Crippen LogP contribution >= 0.6 is 0 Å². The fourth-order valence-corrected chi connectivity index (χ4v) is 1.80. The van der Waals surface area contributed by atoms with Gasteiger partial charge in [-0.05, 0) is 33.3 Å². The minimum absolute atomic E-state index is 0.143. The summed E-state index contributed by atoms with van der Waals surface area (Å²) in [5.41, 5.74) is -0.103. The molecule has 2 atom stereocenters. The Labute approximate surface area is 130 Å². The second-order valence-corrected chi connectivity index (χ2v) is 5.73. The van der Waals surface area contributed by atoms with E-state index >= 15 is 0 Å². The predicted octanol–water partition coefficient (Wildman–Crippen LogP) is 2.18. The van der Waals surface area contributed by atoms with Crippen molar-refractivity contribution in [3.63, 3.8) is 0 Å². The third-order valence-electron chi connectivity index (χ3n) is 2.67. The van der Waals surface area contributed by atoms with E-state index in [9.17, 15) is 14.7 Å². The molecule has 0 saturated carbocycles. The maximum atomic E-state index is 11.9. The first-order valence-electron chi connectivity index (χ1n) is 7.13. The van der Waals surface area contributed by atoms with Crippen molar-refractivity contribution in [1.82, 2.24) is 5.32 Å². The molecule has 0 heterocycles. The Hall–Kier alpha value is -2.08. The highest BCUT2D eigenvalue weighted by atomic mass is 16.6. The summed E-state index contributed by atoms with van der Waals surface area (Å²) >= 11 is 0. The van der Waals surface area contributed by atoms with Crippen molar-refractivity contribution in [3.8, 4) is 0 Å². The lowest BCUT2D eigenvalue weighted by Gasteiger charge is -2.26. The average Bonchev–Trinajstić information content (AvgIpc) is 2.43. The molecule has 0 fully saturated rings. The van der Waals surface area contributed by atoms with E-state index in [0.717, 1.165) is 0 Å². The molecule has 1 aromatic carbocycles. The Morgan fingerprint density at radius 2 is 1.82 bits per heavy atom. The molecule has 0 saturated heterocycles. The molecule has 6 nitrogen and oxygen atoms in total. The lowest BCUT2D eigenvalue weighted by molar-refractivity contribution is -0.154. The first kappa shape index (κ1) is 18.0. The second kappa shape index (κ2) is 7.79. The molecule has 2 unspecified atom stereocenters. The third-order valence-corrected chi connectivity index (χ3v) is 2.67. The van der Waals surface area contributed by atoms with Gasteiger partial charge in [0, 0.05) is 0 Å². The van der Waals surface area contributed by atoms with Gasteiger partial charge in [0.15, 0.2) is 6.10 Å². The Morgan fingerprint density at radius 3 is 2.32 bits per heavy atom. The van der Waals surface area contributed by atoms with Gasteiger partial charge < -0.3 is 19.9 Å². The van der Waals surface area contributed by atoms with Crippen LogP contribution in [0.25, 0.3) is 0 Å². The number of aliphatic hydroxyl groups excluding tert-OH is 1. The zero-order chi connectivity index (χ0) is 16.8. The number of nitrogens with one attached hydrogen (secondary N) is 1. The normalized spacial score (nSPS) is 13.9. The Morgan fingerprint density at radius 1 is 1.23 bits per heavy atom. The standard InChI is InChI=1S/C16H23NO5/c1-5-21-14(19)13(18)12(11-9-7-6-8-10-11)17-15(20)22-16(2,3)4/h6-10,12-13,18H,5H2,1-4H3,(H,17,20). The Bertz CT molecular complexity index is 495. The molecule has 0 aliphatic heterocycles. The number of hydrogen-bond donors (Lipinski definition) is 2. The third kappa shape index (κ3) is 5.73. The molecule has 0 aliphatic carbocycles. The minimum atomic E-state index is -1.52. The van der Waals surface area contributed by atoms with Crippen LogP contribution in [0.3, 0.4) is 0 Å². The van der Waals surface area contributed by atoms with Gasteiger partial charge in [-0.15, -0.1) is 0 Å². The topological polar surface area (TPSA) is 84.9 Å². The van der Waals surface area contributed by atoms with Gasteiger partial charge in [0.05, 0.1) is 12.6 Å². The molecular formula is C16H23NO5. The van der Waals surface area contributed by atoms with E-state index in [4.69, 9.17) is 9.47 Å². The highest BCUT2D eigenvalue weighted by Crippen LogP contribution is 2.19. The molecule has 0 aliphatic rings. The van der Waals surface area contributed by atoms with Crippen LogP contribution < -0.4 is 5.32 Å². The maximum Gasteiger partial charge on any atom is 0.408 e. The number of hydrogen-bond acceptors (Lipinski definition) is 5. The summed E-state index contributed by atoms with van der Waals surface area (Å²) in [5.74, 6) is -0.799. The highest BCUT2D eigenvalue weighted by molar-refractivity contribution is 5.77. The second-order valence-electron chi connectivity index (χ2n) is 5.73. The molecule has 1 rings (SSSR count). The molecule has 122 valence electrons. The van der Waals surface area contributed by atoms with E-state index in [1.807, 2.05) is 0 Å². The van der Waals surface area contributed by atoms with E-state index in [-0.39, 0.29) is 6.61 Å². The van der Waals surface area contributed by atoms with Crippen molar-refractivity contribution < 1.29 is 24.2 Å². The van der Waals surface area contributed by atoms with Crippen LogP contribution in [-0.4, -0.2) is 35.5 Å². The summed E-state index contributed by atoms with van der Waals surface area (Å²) in [7, 11) is 0. The van der Waals surface area contributed by atoms with Gasteiger partial charge in [0.1, 0.15) is 5.60 Å². The van der Waals surface area contributed by atoms with Crippen LogP contribution in [0.4, 0.5) is 4.79 Å². The van der Waals surface area contributed by atoms with Crippen molar-refractivity contribution in [2.75, 3.05) is 6.61 Å². The molecule has 2 N–H and O–H groups in total. The number of carbonyl (C=O) groups is 2. The summed E-state index contributed by atoms with van der Waals surface area (Å²) in [4.78, 5) is 23.7. The van der Waals surface area contributed by atoms with E-state index in [1.165, 1.54) is 0 Å². The van der Waals surface area contributed by atoms with E-state index < -0.39 is 29.8 Å². The summed E-state index contributed by atoms with van der Waals surface area (Å²) in [5, 5.41) is 12.7. The zero-order valence-electron chi connectivity index (χ0n) is 13.3. The van der Waals surface area contributed by atoms with Gasteiger partial charge in [0.25, 0.3) is 0 Å². The number of benzene rings is 1. The summed E-state index contributed by atoms with van der Waals surface area (Å²) in [6.45, 7) is 6.97. The molecule has 22 heavy (non-hydrogen) atoms. The van der Waals surface area contributed by atoms with Crippen LogP contribution in [0, 0.1) is 0 Å². The molecule has 0 bridgehead atoms. The molecule has 1 amide bonds. The van der Waals surface area contributed by atoms with Crippen molar-refractivity contribution in [2.24, 2.45) is 0 Å². The number of aliphatic hydroxyl groups is 1. The molecule has 0 spiro atoms. The Balaban J connectivity index is 2.93. The van der Waals surface area contributed by atoms with Crippen molar-refractivity contribution >= 4 is 12.1 Å². The summed E-state index contributed by atoms with van der Waals surface area (Å²) in [6.07, 6.45) is -2.24. The molecule has 6 heteroatoms. The van der Waals surface area contributed by atoms with Crippen LogP contribution in [0.1, 0.15) is 39.3 Å². The number of rotatable bonds is 5. The predicted molar refractivity (Wildman–Crippen MR) is 81.2 cm³/mol. The summed E-state index contributed by atoms with van der Waals surface area (Å²) < 4.78 is 9.97. The average molecular weight is 309 g/mol. The van der Waals surface area contributed by atoms with Gasteiger partial charge in [0.2, 0.25) is 0 Å². The lowest BCUT2D eigenvalue weighted by Crippen LogP contribution is -2.43. The van der Waals surface area contributed by atoms with Crippen molar-refractivity contribution in [1.29, 1.82) is 0 Å². The zero-order valence-corrected chi connectivity index (χ0v) is 13.3. The van der Waals surface area contributed by atoms with E-state index in [1.54, 1.807) is 58.0 Å². The summed E-state index contributed by atoms with van der Waals surface area (Å²) in [6, 6.07) is 7.74. The molecule has 1 aromatic rings. The van der Waals surface area contributed by atoms with Crippen molar-refractivity contribution in [2.45, 2.75) is 45.4 Å². The minimum Gasteiger partial charge on any atom is -0.464 e. The number of ether oxygens (including phenoxy) is 2. The fraction of sp³-hybridized carbons (Fsp3) is 0.500. The van der Waals surface area contributed by atoms with Crippen LogP contribution in [0.2, 0.25) is 0 Å². The number of carbonyl (C=O) groups excluding carboxylic acids is 2. The van der Waals surface area contributed by atoms with Gasteiger partial charge in [-0.2, -0.15) is 0 Å². The van der Waals surface area contributed by atoms with Gasteiger partial charge in [-0.25, -0.2) is 9.59 Å². The van der Waals surface area contributed by atoms with Crippen LogP contribution in [0.15, 0.2) is 30.3 Å². The molecule has 0 aromatic heterocycles. The quantitative estimate of drug-likeness (QED) is 0.814. The fourth-order valence-electron chi connectivity index (χ4n) is 1.80. The van der Waals surface area contributed by atoms with Gasteiger partial charge in [-0.3, -0.25) is 0 Å². The number of alkyl carbamates (subject to hydrolysis) is 1. The van der Waals surface area contributed by atoms with E-state index in [2.05, 4.69) is 5.32 Å². The molecule has 0 radical (unpaired) electrons. The SMILES string of the molecule is CCOC(=O)C(O)C(NC(=O)OC(C)(C)C)c1ccccc1. The highest BCUT2D eigenvalue weighted by Gasteiger charge is 2.31. The lowest BCUT2D eigenvalue weighted by atomic mass is 10.0. The van der Waals surface area contributed by atoms with E-state index in [0.29, 0.717) is 5.56 Å².